The molecule has 1 saturated heterocycles. The van der Waals surface area contributed by atoms with Crippen LogP contribution in [0.2, 0.25) is 5.02 Å². The van der Waals surface area contributed by atoms with E-state index in [-0.39, 0.29) is 24.0 Å². The summed E-state index contributed by atoms with van der Waals surface area (Å²) in [4.78, 5) is 6.69. The van der Waals surface area contributed by atoms with E-state index in [9.17, 15) is 5.11 Å². The fourth-order valence-corrected chi connectivity index (χ4v) is 3.76. The second-order valence-corrected chi connectivity index (χ2v) is 7.22. The first-order chi connectivity index (χ1) is 10.5. The van der Waals surface area contributed by atoms with Crippen LogP contribution in [0.15, 0.2) is 29.3 Å². The van der Waals surface area contributed by atoms with E-state index in [0.29, 0.717) is 6.54 Å². The summed E-state index contributed by atoms with van der Waals surface area (Å²) < 4.78 is 0. The van der Waals surface area contributed by atoms with Gasteiger partial charge in [0.25, 0.3) is 0 Å². The van der Waals surface area contributed by atoms with Crippen LogP contribution in [-0.2, 0) is 6.54 Å². The van der Waals surface area contributed by atoms with Crippen molar-refractivity contribution in [2.75, 3.05) is 31.6 Å². The highest BCUT2D eigenvalue weighted by atomic mass is 127. The molecule has 2 N–H and O–H groups in total. The number of benzene rings is 1. The average molecular weight is 470 g/mol. The normalized spacial score (nSPS) is 21.0. The number of thioether (sulfide) groups is 1. The van der Waals surface area contributed by atoms with Gasteiger partial charge in [-0.25, -0.2) is 0 Å². The van der Waals surface area contributed by atoms with E-state index >= 15 is 0 Å². The summed E-state index contributed by atoms with van der Waals surface area (Å²) in [6, 6.07) is 7.83. The van der Waals surface area contributed by atoms with Gasteiger partial charge in [-0.2, -0.15) is 11.8 Å². The zero-order chi connectivity index (χ0) is 16.0. The number of guanidine groups is 1. The SMILES string of the molecule is CCNC(=NCC1(O)CCSC1)N(C)Cc1ccc(Cl)cc1.I. The molecule has 1 heterocycles. The first-order valence-corrected chi connectivity index (χ1v) is 9.10. The molecule has 1 unspecified atom stereocenters. The lowest BCUT2D eigenvalue weighted by molar-refractivity contribution is 0.0776. The van der Waals surface area contributed by atoms with Crippen LogP contribution in [0, 0.1) is 0 Å². The standard InChI is InChI=1S/C16H24ClN3OS.HI/c1-3-18-15(19-11-16(21)8-9-22-12-16)20(2)10-13-4-6-14(17)7-5-13;/h4-7,21H,3,8-12H2,1-2H3,(H,18,19);1H. The second-order valence-electron chi connectivity index (χ2n) is 5.68. The van der Waals surface area contributed by atoms with Gasteiger partial charge in [0, 0.05) is 30.9 Å². The Morgan fingerprint density at radius 3 is 2.70 bits per heavy atom. The van der Waals surface area contributed by atoms with Gasteiger partial charge in [0.1, 0.15) is 0 Å². The van der Waals surface area contributed by atoms with E-state index in [1.807, 2.05) is 38.2 Å². The van der Waals surface area contributed by atoms with E-state index in [4.69, 9.17) is 11.6 Å². The molecular formula is C16H25ClIN3OS. The first kappa shape index (κ1) is 20.9. The summed E-state index contributed by atoms with van der Waals surface area (Å²) in [6.07, 6.45) is 0.821. The molecule has 0 radical (unpaired) electrons. The Morgan fingerprint density at radius 1 is 1.43 bits per heavy atom. The van der Waals surface area contributed by atoms with Crippen molar-refractivity contribution in [1.82, 2.24) is 10.2 Å². The minimum Gasteiger partial charge on any atom is -0.387 e. The molecule has 0 bridgehead atoms. The van der Waals surface area contributed by atoms with Gasteiger partial charge in [-0.15, -0.1) is 24.0 Å². The van der Waals surface area contributed by atoms with E-state index < -0.39 is 5.60 Å². The number of nitrogens with one attached hydrogen (secondary N) is 1. The maximum absolute atomic E-state index is 10.4. The van der Waals surface area contributed by atoms with Crippen molar-refractivity contribution in [3.63, 3.8) is 0 Å². The van der Waals surface area contributed by atoms with Crippen molar-refractivity contribution >= 4 is 53.3 Å². The van der Waals surface area contributed by atoms with Crippen molar-refractivity contribution in [2.45, 2.75) is 25.5 Å². The summed E-state index contributed by atoms with van der Waals surface area (Å²) in [5.41, 5.74) is 0.527. The van der Waals surface area contributed by atoms with E-state index in [2.05, 4.69) is 15.2 Å². The van der Waals surface area contributed by atoms with Gasteiger partial charge in [-0.3, -0.25) is 4.99 Å². The molecule has 130 valence electrons. The van der Waals surface area contributed by atoms with Crippen molar-refractivity contribution in [1.29, 1.82) is 0 Å². The lowest BCUT2D eigenvalue weighted by atomic mass is 10.0. The highest BCUT2D eigenvalue weighted by Gasteiger charge is 2.31. The maximum atomic E-state index is 10.4. The van der Waals surface area contributed by atoms with Gasteiger partial charge in [-0.1, -0.05) is 23.7 Å². The summed E-state index contributed by atoms with van der Waals surface area (Å²) in [6.45, 7) is 4.05. The molecule has 0 aliphatic carbocycles. The molecule has 7 heteroatoms. The number of halogens is 2. The van der Waals surface area contributed by atoms with Gasteiger partial charge in [0.05, 0.1) is 12.1 Å². The highest BCUT2D eigenvalue weighted by Crippen LogP contribution is 2.27. The molecular weight excluding hydrogens is 445 g/mol. The number of aliphatic hydroxyl groups is 1. The number of nitrogens with zero attached hydrogens (tertiary/aromatic N) is 2. The summed E-state index contributed by atoms with van der Waals surface area (Å²) in [5.74, 6) is 2.61. The lowest BCUT2D eigenvalue weighted by Crippen LogP contribution is -2.41. The molecule has 1 aliphatic heterocycles. The van der Waals surface area contributed by atoms with Gasteiger partial charge < -0.3 is 15.3 Å². The Balaban J connectivity index is 0.00000264. The topological polar surface area (TPSA) is 47.9 Å². The van der Waals surface area contributed by atoms with Crippen LogP contribution in [0.1, 0.15) is 18.9 Å². The molecule has 1 fully saturated rings. The largest absolute Gasteiger partial charge is 0.387 e. The van der Waals surface area contributed by atoms with Crippen LogP contribution < -0.4 is 5.32 Å². The maximum Gasteiger partial charge on any atom is 0.194 e. The fourth-order valence-electron chi connectivity index (χ4n) is 2.35. The van der Waals surface area contributed by atoms with E-state index in [0.717, 1.165) is 42.0 Å². The predicted octanol–water partition coefficient (Wildman–Crippen LogP) is 3.22. The molecule has 0 aromatic heterocycles. The van der Waals surface area contributed by atoms with Crippen LogP contribution in [0.5, 0.6) is 0 Å². The van der Waals surface area contributed by atoms with Crippen LogP contribution in [-0.4, -0.2) is 53.2 Å². The molecule has 1 aromatic rings. The Hall–Kier alpha value is -0.180. The Bertz CT molecular complexity index is 507. The molecule has 0 amide bonds. The Kier molecular flexibility index (Phi) is 9.03. The van der Waals surface area contributed by atoms with Crippen molar-refractivity contribution in [2.24, 2.45) is 4.99 Å². The van der Waals surface area contributed by atoms with Gasteiger partial charge >= 0.3 is 0 Å². The average Bonchev–Trinajstić information content (AvgIpc) is 2.93. The third-order valence-corrected chi connectivity index (χ3v) is 5.12. The van der Waals surface area contributed by atoms with Crippen LogP contribution in [0.3, 0.4) is 0 Å². The molecule has 1 atom stereocenters. The molecule has 2 rings (SSSR count). The Labute approximate surface area is 165 Å². The summed E-state index contributed by atoms with van der Waals surface area (Å²) in [5, 5.41) is 14.5. The van der Waals surface area contributed by atoms with E-state index in [1.165, 1.54) is 5.56 Å². The number of hydrogen-bond donors (Lipinski definition) is 2. The van der Waals surface area contributed by atoms with Crippen molar-refractivity contribution in [3.05, 3.63) is 34.9 Å². The minimum absolute atomic E-state index is 0. The quantitative estimate of drug-likeness (QED) is 0.395. The monoisotopic (exact) mass is 469 g/mol. The molecule has 1 aromatic carbocycles. The van der Waals surface area contributed by atoms with Crippen LogP contribution in [0.4, 0.5) is 0 Å². The zero-order valence-electron chi connectivity index (χ0n) is 13.6. The lowest BCUT2D eigenvalue weighted by Gasteiger charge is -2.24. The first-order valence-electron chi connectivity index (χ1n) is 7.56. The third-order valence-electron chi connectivity index (χ3n) is 3.64. The van der Waals surface area contributed by atoms with Gasteiger partial charge in [0.15, 0.2) is 5.96 Å². The van der Waals surface area contributed by atoms with Crippen LogP contribution in [0.25, 0.3) is 0 Å². The zero-order valence-corrected chi connectivity index (χ0v) is 17.5. The smallest absolute Gasteiger partial charge is 0.194 e. The molecule has 1 aliphatic rings. The van der Waals surface area contributed by atoms with Gasteiger partial charge in [-0.05, 0) is 36.8 Å². The number of rotatable bonds is 5. The fraction of sp³-hybridized carbons (Fsp3) is 0.562. The Morgan fingerprint density at radius 2 is 2.13 bits per heavy atom. The van der Waals surface area contributed by atoms with Gasteiger partial charge in [0.2, 0.25) is 0 Å². The van der Waals surface area contributed by atoms with E-state index in [1.54, 1.807) is 11.8 Å². The molecule has 0 spiro atoms. The van der Waals surface area contributed by atoms with Crippen molar-refractivity contribution in [3.8, 4) is 0 Å². The number of hydrogen-bond acceptors (Lipinski definition) is 3. The molecule has 4 nitrogen and oxygen atoms in total. The second kappa shape index (κ2) is 9.96. The predicted molar refractivity (Wildman–Crippen MR) is 111 cm³/mol. The third kappa shape index (κ3) is 6.68. The van der Waals surface area contributed by atoms with Crippen LogP contribution >= 0.6 is 47.3 Å². The number of aliphatic imine (C=N–C) groups is 1. The minimum atomic E-state index is -0.646. The summed E-state index contributed by atoms with van der Waals surface area (Å²) in [7, 11) is 2.00. The molecule has 23 heavy (non-hydrogen) atoms. The highest BCUT2D eigenvalue weighted by molar-refractivity contribution is 14.0. The summed E-state index contributed by atoms with van der Waals surface area (Å²) >= 11 is 7.71. The molecule has 0 saturated carbocycles. The van der Waals surface area contributed by atoms with Crippen molar-refractivity contribution < 1.29 is 5.11 Å².